The van der Waals surface area contributed by atoms with Gasteiger partial charge in [-0.15, -0.1) is 0 Å². The fourth-order valence-corrected chi connectivity index (χ4v) is 6.80. The predicted octanol–water partition coefficient (Wildman–Crippen LogP) is 7.31. The smallest absolute Gasteiger partial charge is 0.355 e. The lowest BCUT2D eigenvalue weighted by molar-refractivity contribution is 0.0512. The topological polar surface area (TPSA) is 61.5 Å². The van der Waals surface area contributed by atoms with E-state index in [1.807, 2.05) is 53.6 Å². The molecule has 0 fully saturated rings. The number of fused-ring (bicyclic) bond motifs is 3. The highest BCUT2D eigenvalue weighted by Gasteiger charge is 2.30. The van der Waals surface area contributed by atoms with Crippen LogP contribution in [0.4, 0.5) is 4.39 Å². The summed E-state index contributed by atoms with van der Waals surface area (Å²) in [5.41, 5.74) is 5.37. The summed E-state index contributed by atoms with van der Waals surface area (Å²) in [5, 5.41) is 7.97. The van der Waals surface area contributed by atoms with E-state index >= 15 is 4.39 Å². The molecule has 230 valence electrons. The molecule has 7 nitrogen and oxygen atoms in total. The quantitative estimate of drug-likeness (QED) is 0.139. The Balaban J connectivity index is 1.47. The first kappa shape index (κ1) is 29.9. The average molecular weight is 597 g/mol. The fourth-order valence-electron chi connectivity index (χ4n) is 6.80. The minimum Gasteiger partial charge on any atom is -0.493 e. The van der Waals surface area contributed by atoms with Crippen molar-refractivity contribution in [2.75, 3.05) is 26.8 Å². The molecule has 1 aliphatic heterocycles. The van der Waals surface area contributed by atoms with Crippen LogP contribution in [0.3, 0.4) is 0 Å². The Labute approximate surface area is 258 Å². The van der Waals surface area contributed by atoms with Gasteiger partial charge in [-0.25, -0.2) is 9.18 Å². The van der Waals surface area contributed by atoms with Crippen LogP contribution in [0.2, 0.25) is 0 Å². The van der Waals surface area contributed by atoms with Crippen LogP contribution in [0.1, 0.15) is 60.5 Å². The number of benzene rings is 3. The molecule has 44 heavy (non-hydrogen) atoms. The molecule has 0 aliphatic carbocycles. The lowest BCUT2D eigenvalue weighted by Crippen LogP contribution is -2.20. The maximum atomic E-state index is 16.2. The summed E-state index contributed by atoms with van der Waals surface area (Å²) in [7, 11) is 4.02. The fraction of sp³-hybridized carbons (Fsp3) is 0.389. The molecule has 0 saturated carbocycles. The molecule has 0 atom stereocenters. The number of nitrogens with zero attached hydrogens (tertiary/aromatic N) is 4. The number of esters is 1. The van der Waals surface area contributed by atoms with Gasteiger partial charge in [-0.1, -0.05) is 43.3 Å². The summed E-state index contributed by atoms with van der Waals surface area (Å²) in [5.74, 6) is 0.175. The van der Waals surface area contributed by atoms with E-state index in [0.29, 0.717) is 50.2 Å². The summed E-state index contributed by atoms with van der Waals surface area (Å²) in [6.07, 6.45) is 3.79. The van der Waals surface area contributed by atoms with Crippen molar-refractivity contribution in [2.24, 2.45) is 7.05 Å². The highest BCUT2D eigenvalue weighted by Crippen LogP contribution is 2.41. The van der Waals surface area contributed by atoms with Gasteiger partial charge < -0.3 is 18.9 Å². The maximum Gasteiger partial charge on any atom is 0.355 e. The van der Waals surface area contributed by atoms with Crippen molar-refractivity contribution in [3.8, 4) is 16.9 Å². The van der Waals surface area contributed by atoms with Crippen LogP contribution in [0.25, 0.3) is 32.8 Å². The van der Waals surface area contributed by atoms with E-state index in [1.54, 1.807) is 6.07 Å². The van der Waals surface area contributed by atoms with Crippen LogP contribution in [0.15, 0.2) is 54.6 Å². The third-order valence-electron chi connectivity index (χ3n) is 8.74. The van der Waals surface area contributed by atoms with Gasteiger partial charge >= 0.3 is 5.97 Å². The van der Waals surface area contributed by atoms with Crippen molar-refractivity contribution in [3.63, 3.8) is 0 Å². The monoisotopic (exact) mass is 596 g/mol. The molecular formula is C36H41FN4O3. The van der Waals surface area contributed by atoms with Crippen LogP contribution in [0, 0.1) is 5.82 Å². The molecule has 0 N–H and O–H groups in total. The van der Waals surface area contributed by atoms with Gasteiger partial charge in [0.25, 0.3) is 0 Å². The van der Waals surface area contributed by atoms with Gasteiger partial charge in [-0.3, -0.25) is 4.68 Å². The molecule has 0 unspecified atom stereocenters. The Hall–Kier alpha value is -4.17. The second-order valence-electron chi connectivity index (χ2n) is 11.6. The first-order chi connectivity index (χ1) is 21.4. The third-order valence-corrected chi connectivity index (χ3v) is 8.74. The molecule has 6 rings (SSSR count). The normalized spacial score (nSPS) is 14.0. The second-order valence-corrected chi connectivity index (χ2v) is 11.6. The van der Waals surface area contributed by atoms with Gasteiger partial charge in [0.1, 0.15) is 17.3 Å². The van der Waals surface area contributed by atoms with Gasteiger partial charge in [0.05, 0.1) is 24.4 Å². The van der Waals surface area contributed by atoms with E-state index in [0.717, 1.165) is 69.3 Å². The van der Waals surface area contributed by atoms with Crippen molar-refractivity contribution in [3.05, 3.63) is 83.1 Å². The summed E-state index contributed by atoms with van der Waals surface area (Å²) in [6, 6.07) is 17.6. The van der Waals surface area contributed by atoms with E-state index in [1.165, 1.54) is 0 Å². The average Bonchev–Trinajstić information content (AvgIpc) is 3.49. The molecule has 3 heterocycles. The summed E-state index contributed by atoms with van der Waals surface area (Å²) in [4.78, 5) is 15.9. The highest BCUT2D eigenvalue weighted by atomic mass is 19.1. The van der Waals surface area contributed by atoms with Crippen molar-refractivity contribution in [1.82, 2.24) is 19.2 Å². The number of hydrogen-bond donors (Lipinski definition) is 0. The number of hydrogen-bond acceptors (Lipinski definition) is 5. The van der Waals surface area contributed by atoms with E-state index in [2.05, 4.69) is 37.1 Å². The number of rotatable bonds is 8. The molecule has 0 bridgehead atoms. The third kappa shape index (κ3) is 5.47. The molecule has 8 heteroatoms. The van der Waals surface area contributed by atoms with Crippen LogP contribution in [0.5, 0.6) is 5.75 Å². The van der Waals surface area contributed by atoms with Gasteiger partial charge in [0.15, 0.2) is 0 Å². The minimum atomic E-state index is -0.367. The largest absolute Gasteiger partial charge is 0.493 e. The first-order valence-electron chi connectivity index (χ1n) is 15.8. The molecule has 0 amide bonds. The van der Waals surface area contributed by atoms with Crippen molar-refractivity contribution < 1.29 is 18.7 Å². The molecule has 0 spiro atoms. The van der Waals surface area contributed by atoms with Crippen LogP contribution in [-0.4, -0.2) is 52.0 Å². The molecule has 0 saturated heterocycles. The zero-order chi connectivity index (χ0) is 30.8. The maximum absolute atomic E-state index is 16.2. The number of aryl methyl sites for hydroxylation is 3. The zero-order valence-electron chi connectivity index (χ0n) is 26.2. The van der Waals surface area contributed by atoms with Crippen LogP contribution >= 0.6 is 0 Å². The predicted molar refractivity (Wildman–Crippen MR) is 173 cm³/mol. The molecule has 5 aromatic rings. The van der Waals surface area contributed by atoms with E-state index in [9.17, 15) is 4.79 Å². The Morgan fingerprint density at radius 3 is 2.57 bits per heavy atom. The Morgan fingerprint density at radius 1 is 0.955 bits per heavy atom. The van der Waals surface area contributed by atoms with E-state index in [-0.39, 0.29) is 18.4 Å². The summed E-state index contributed by atoms with van der Waals surface area (Å²) >= 11 is 0. The van der Waals surface area contributed by atoms with Crippen molar-refractivity contribution in [1.29, 1.82) is 0 Å². The Morgan fingerprint density at radius 2 is 1.75 bits per heavy atom. The van der Waals surface area contributed by atoms with Gasteiger partial charge in [-0.05, 0) is 81.8 Å². The molecule has 3 aromatic carbocycles. The number of ether oxygens (including phenoxy) is 2. The van der Waals surface area contributed by atoms with E-state index in [4.69, 9.17) is 14.6 Å². The lowest BCUT2D eigenvalue weighted by Gasteiger charge is -2.16. The Bertz CT molecular complexity index is 1820. The van der Waals surface area contributed by atoms with Crippen LogP contribution < -0.4 is 4.74 Å². The minimum absolute atomic E-state index is 0.267. The van der Waals surface area contributed by atoms with Gasteiger partial charge in [0, 0.05) is 47.7 Å². The lowest BCUT2D eigenvalue weighted by atomic mass is 9.96. The SMILES string of the molecule is CCOC(=O)c1c(CCCOc2cccc3ccccc23)c2ccc(F)c3c2n1CCCCN(C)Cc1nn(C)c(CC)c1-3. The molecule has 2 aromatic heterocycles. The van der Waals surface area contributed by atoms with Gasteiger partial charge in [0.2, 0.25) is 0 Å². The zero-order valence-corrected chi connectivity index (χ0v) is 26.2. The molecule has 0 radical (unpaired) electrons. The number of carbonyl (C=O) groups is 1. The molecule has 1 aliphatic rings. The van der Waals surface area contributed by atoms with Gasteiger partial charge in [-0.2, -0.15) is 5.10 Å². The number of halogens is 1. The van der Waals surface area contributed by atoms with Crippen LogP contribution in [-0.2, 0) is 37.7 Å². The summed E-state index contributed by atoms with van der Waals surface area (Å²) < 4.78 is 32.0. The molecular weight excluding hydrogens is 555 g/mol. The second kappa shape index (κ2) is 12.8. The number of carbonyl (C=O) groups excluding carboxylic acids is 1. The van der Waals surface area contributed by atoms with E-state index < -0.39 is 0 Å². The van der Waals surface area contributed by atoms with Crippen molar-refractivity contribution in [2.45, 2.75) is 59.0 Å². The summed E-state index contributed by atoms with van der Waals surface area (Å²) in [6.45, 7) is 6.75. The highest BCUT2D eigenvalue weighted by molar-refractivity contribution is 6.05. The van der Waals surface area contributed by atoms with Crippen molar-refractivity contribution >= 4 is 27.6 Å². The number of aromatic nitrogens is 3. The first-order valence-corrected chi connectivity index (χ1v) is 15.8. The Kier molecular flexibility index (Phi) is 8.71. The standard InChI is InChI=1S/C36H41FN4O3/c1-5-30-33-29(38-40(30)4)23-39(3)20-9-10-21-41-34-27(18-19-28(37)32(33)34)26(35(41)36(42)43-6-2)16-12-22-44-31-17-11-14-24-13-7-8-15-25(24)31/h7-8,11,13-15,17-19H,5-6,9-10,12,16,20-23H2,1-4H3.